The molecule has 17 heavy (non-hydrogen) atoms. The van der Waals surface area contributed by atoms with Crippen LogP contribution < -0.4 is 4.74 Å². The molecule has 1 unspecified atom stereocenters. The third-order valence-corrected chi connectivity index (χ3v) is 3.40. The molecule has 0 aliphatic rings. The summed E-state index contributed by atoms with van der Waals surface area (Å²) in [5.74, 6) is 0.597. The first kappa shape index (κ1) is 11.8. The van der Waals surface area contributed by atoms with Crippen molar-refractivity contribution in [2.24, 2.45) is 0 Å². The fourth-order valence-corrected chi connectivity index (χ4v) is 2.03. The van der Waals surface area contributed by atoms with Crippen LogP contribution in [0.25, 0.3) is 11.1 Å². The Bertz CT molecular complexity index is 520. The quantitative estimate of drug-likeness (QED) is 0.836. The highest BCUT2D eigenvalue weighted by atomic mass is 32.2. The second-order valence-electron chi connectivity index (χ2n) is 3.57. The highest BCUT2D eigenvalue weighted by Crippen LogP contribution is 2.21. The van der Waals surface area contributed by atoms with E-state index < -0.39 is 10.8 Å². The molecule has 0 saturated heterocycles. The number of benzene rings is 1. The highest BCUT2D eigenvalue weighted by Gasteiger charge is 2.01. The van der Waals surface area contributed by atoms with Crippen LogP contribution in [0.2, 0.25) is 0 Å². The average molecular weight is 247 g/mol. The Hall–Kier alpha value is -1.68. The minimum atomic E-state index is -0.934. The SMILES string of the molecule is COc1ccc(-c2ccc(S(C)=O)cc2)cn1. The fourth-order valence-electron chi connectivity index (χ4n) is 1.51. The zero-order valence-electron chi connectivity index (χ0n) is 9.71. The Kier molecular flexibility index (Phi) is 3.54. The van der Waals surface area contributed by atoms with E-state index in [-0.39, 0.29) is 0 Å². The average Bonchev–Trinajstić information content (AvgIpc) is 2.39. The van der Waals surface area contributed by atoms with Gasteiger partial charge in [0.1, 0.15) is 0 Å². The number of pyridine rings is 1. The van der Waals surface area contributed by atoms with E-state index in [1.807, 2.05) is 36.4 Å². The van der Waals surface area contributed by atoms with Crippen LogP contribution in [0.5, 0.6) is 5.88 Å². The van der Waals surface area contributed by atoms with Crippen molar-refractivity contribution in [2.75, 3.05) is 13.4 Å². The Morgan fingerprint density at radius 1 is 1.06 bits per heavy atom. The van der Waals surface area contributed by atoms with Gasteiger partial charge >= 0.3 is 0 Å². The van der Waals surface area contributed by atoms with Gasteiger partial charge in [-0.2, -0.15) is 0 Å². The molecule has 1 atom stereocenters. The number of hydrogen-bond acceptors (Lipinski definition) is 3. The van der Waals surface area contributed by atoms with Crippen LogP contribution in [0, 0.1) is 0 Å². The van der Waals surface area contributed by atoms with Gasteiger partial charge in [-0.25, -0.2) is 4.98 Å². The van der Waals surface area contributed by atoms with E-state index in [4.69, 9.17) is 4.74 Å². The summed E-state index contributed by atoms with van der Waals surface area (Å²) in [5, 5.41) is 0. The predicted octanol–water partition coefficient (Wildman–Crippen LogP) is 2.49. The standard InChI is InChI=1S/C13H13NO2S/c1-16-13-8-5-11(9-14-13)10-3-6-12(7-4-10)17(2)15/h3-9H,1-2H3. The van der Waals surface area contributed by atoms with Crippen molar-refractivity contribution >= 4 is 10.8 Å². The van der Waals surface area contributed by atoms with Gasteiger partial charge in [0, 0.05) is 39.8 Å². The summed E-state index contributed by atoms with van der Waals surface area (Å²) in [6.45, 7) is 0. The Labute approximate surface area is 103 Å². The molecule has 0 radical (unpaired) electrons. The largest absolute Gasteiger partial charge is 0.481 e. The van der Waals surface area contributed by atoms with Gasteiger partial charge in [0.15, 0.2) is 0 Å². The van der Waals surface area contributed by atoms with Gasteiger partial charge in [0.05, 0.1) is 7.11 Å². The molecule has 3 nitrogen and oxygen atoms in total. The van der Waals surface area contributed by atoms with E-state index >= 15 is 0 Å². The molecule has 0 saturated carbocycles. The van der Waals surface area contributed by atoms with Crippen LogP contribution in [0.1, 0.15) is 0 Å². The Balaban J connectivity index is 2.29. The zero-order valence-corrected chi connectivity index (χ0v) is 10.5. The number of hydrogen-bond donors (Lipinski definition) is 0. The Morgan fingerprint density at radius 2 is 1.71 bits per heavy atom. The number of rotatable bonds is 3. The monoisotopic (exact) mass is 247 g/mol. The number of methoxy groups -OCH3 is 1. The van der Waals surface area contributed by atoms with Gasteiger partial charge in [-0.1, -0.05) is 12.1 Å². The molecule has 2 rings (SSSR count). The summed E-state index contributed by atoms with van der Waals surface area (Å²) in [7, 11) is 0.656. The van der Waals surface area contributed by atoms with Crippen molar-refractivity contribution in [2.45, 2.75) is 4.90 Å². The molecule has 4 heteroatoms. The summed E-state index contributed by atoms with van der Waals surface area (Å²) in [6.07, 6.45) is 3.43. The summed E-state index contributed by atoms with van der Waals surface area (Å²) in [5.41, 5.74) is 2.06. The predicted molar refractivity (Wildman–Crippen MR) is 68.6 cm³/mol. The van der Waals surface area contributed by atoms with Crippen molar-refractivity contribution in [3.8, 4) is 17.0 Å². The molecule has 0 bridgehead atoms. The number of aromatic nitrogens is 1. The van der Waals surface area contributed by atoms with Crippen molar-refractivity contribution in [3.63, 3.8) is 0 Å². The van der Waals surface area contributed by atoms with E-state index in [0.29, 0.717) is 5.88 Å². The van der Waals surface area contributed by atoms with Gasteiger partial charge < -0.3 is 4.74 Å². The minimum Gasteiger partial charge on any atom is -0.481 e. The topological polar surface area (TPSA) is 39.2 Å². The number of nitrogens with zero attached hydrogens (tertiary/aromatic N) is 1. The van der Waals surface area contributed by atoms with E-state index in [0.717, 1.165) is 16.0 Å². The molecule has 0 fully saturated rings. The molecule has 0 amide bonds. The van der Waals surface area contributed by atoms with Crippen LogP contribution in [-0.2, 0) is 10.8 Å². The maximum Gasteiger partial charge on any atom is 0.212 e. The summed E-state index contributed by atoms with van der Waals surface area (Å²) >= 11 is 0. The Morgan fingerprint density at radius 3 is 2.18 bits per heavy atom. The first-order valence-corrected chi connectivity index (χ1v) is 6.70. The molecule has 0 aliphatic heterocycles. The maximum atomic E-state index is 11.3. The normalized spacial score (nSPS) is 12.1. The van der Waals surface area contributed by atoms with Crippen molar-refractivity contribution in [1.29, 1.82) is 0 Å². The summed E-state index contributed by atoms with van der Waals surface area (Å²) < 4.78 is 16.3. The fraction of sp³-hybridized carbons (Fsp3) is 0.154. The molecule has 1 aromatic carbocycles. The van der Waals surface area contributed by atoms with Crippen molar-refractivity contribution in [3.05, 3.63) is 42.6 Å². The second kappa shape index (κ2) is 5.10. The lowest BCUT2D eigenvalue weighted by Gasteiger charge is -2.03. The van der Waals surface area contributed by atoms with Crippen LogP contribution in [0.4, 0.5) is 0 Å². The molecule has 0 spiro atoms. The van der Waals surface area contributed by atoms with Crippen molar-refractivity contribution in [1.82, 2.24) is 4.98 Å². The van der Waals surface area contributed by atoms with E-state index in [2.05, 4.69) is 4.98 Å². The van der Waals surface area contributed by atoms with Gasteiger partial charge in [-0.15, -0.1) is 0 Å². The summed E-state index contributed by atoms with van der Waals surface area (Å²) in [4.78, 5) is 4.98. The zero-order chi connectivity index (χ0) is 12.3. The molecule has 1 aromatic heterocycles. The number of ether oxygens (including phenoxy) is 1. The minimum absolute atomic E-state index is 0.597. The van der Waals surface area contributed by atoms with Crippen LogP contribution >= 0.6 is 0 Å². The van der Waals surface area contributed by atoms with E-state index in [9.17, 15) is 4.21 Å². The molecule has 0 N–H and O–H groups in total. The summed E-state index contributed by atoms with van der Waals surface area (Å²) in [6, 6.07) is 11.4. The molecule has 1 heterocycles. The lowest BCUT2D eigenvalue weighted by atomic mass is 10.1. The second-order valence-corrected chi connectivity index (χ2v) is 4.95. The first-order chi connectivity index (χ1) is 8.20. The highest BCUT2D eigenvalue weighted by molar-refractivity contribution is 7.84. The van der Waals surface area contributed by atoms with Gasteiger partial charge in [0.25, 0.3) is 0 Å². The molecule has 0 aliphatic carbocycles. The van der Waals surface area contributed by atoms with Gasteiger partial charge in [-0.3, -0.25) is 4.21 Å². The van der Waals surface area contributed by atoms with Crippen LogP contribution in [0.15, 0.2) is 47.5 Å². The maximum absolute atomic E-state index is 11.3. The third kappa shape index (κ3) is 2.71. The lowest BCUT2D eigenvalue weighted by Crippen LogP contribution is -1.89. The van der Waals surface area contributed by atoms with Crippen LogP contribution in [0.3, 0.4) is 0 Å². The smallest absolute Gasteiger partial charge is 0.212 e. The lowest BCUT2D eigenvalue weighted by molar-refractivity contribution is 0.398. The molecular weight excluding hydrogens is 234 g/mol. The first-order valence-electron chi connectivity index (χ1n) is 5.14. The van der Waals surface area contributed by atoms with Gasteiger partial charge in [0.2, 0.25) is 5.88 Å². The molecule has 88 valence electrons. The van der Waals surface area contributed by atoms with Gasteiger partial charge in [-0.05, 0) is 23.8 Å². The van der Waals surface area contributed by atoms with Crippen LogP contribution in [-0.4, -0.2) is 22.6 Å². The van der Waals surface area contributed by atoms with Crippen molar-refractivity contribution < 1.29 is 8.95 Å². The third-order valence-electron chi connectivity index (χ3n) is 2.47. The van der Waals surface area contributed by atoms with E-state index in [1.165, 1.54) is 0 Å². The van der Waals surface area contributed by atoms with E-state index in [1.54, 1.807) is 19.6 Å². The molecule has 2 aromatic rings. The molecular formula is C13H13NO2S.